The minimum atomic E-state index is -4.16. The van der Waals surface area contributed by atoms with Crippen LogP contribution in [0.1, 0.15) is 26.5 Å². The average molecular weight is 348 g/mol. The maximum Gasteiger partial charge on any atom is 0.401 e. The lowest BCUT2D eigenvalue weighted by molar-refractivity contribution is -0.143. The van der Waals surface area contributed by atoms with E-state index in [2.05, 4.69) is 5.32 Å². The minimum Gasteiger partial charge on any atom is -0.376 e. The topological polar surface area (TPSA) is 41.6 Å². The van der Waals surface area contributed by atoms with Crippen molar-refractivity contribution >= 4 is 17.2 Å². The number of amides is 1. The number of rotatable bonds is 4. The summed E-state index contributed by atoms with van der Waals surface area (Å²) in [5.41, 5.74) is 1.07. The van der Waals surface area contributed by atoms with Crippen molar-refractivity contribution in [3.05, 3.63) is 21.4 Å². The summed E-state index contributed by atoms with van der Waals surface area (Å²) in [6, 6.07) is 1.86. The van der Waals surface area contributed by atoms with Crippen LogP contribution >= 0.6 is 11.3 Å². The van der Waals surface area contributed by atoms with Crippen LogP contribution in [0.15, 0.2) is 6.07 Å². The van der Waals surface area contributed by atoms with E-state index >= 15 is 0 Å². The molecule has 0 saturated carbocycles. The van der Waals surface area contributed by atoms with Gasteiger partial charge in [0.05, 0.1) is 24.6 Å². The third-order valence-electron chi connectivity index (χ3n) is 4.18. The Morgan fingerprint density at radius 2 is 2.30 bits per heavy atom. The normalized spacial score (nSPS) is 22.1. The van der Waals surface area contributed by atoms with Crippen LogP contribution in [0.4, 0.5) is 13.2 Å². The fourth-order valence-corrected chi connectivity index (χ4v) is 4.13. The Balaban J connectivity index is 1.47. The Labute approximate surface area is 136 Å². The van der Waals surface area contributed by atoms with Gasteiger partial charge in [0, 0.05) is 24.4 Å². The molecule has 0 bridgehead atoms. The smallest absolute Gasteiger partial charge is 0.376 e. The van der Waals surface area contributed by atoms with Crippen LogP contribution in [-0.2, 0) is 17.8 Å². The summed E-state index contributed by atoms with van der Waals surface area (Å²) in [5, 5.41) is 2.86. The quantitative estimate of drug-likeness (QED) is 0.909. The maximum atomic E-state index is 12.4. The Bertz CT molecular complexity index is 550. The van der Waals surface area contributed by atoms with Gasteiger partial charge in [-0.2, -0.15) is 13.2 Å². The van der Waals surface area contributed by atoms with Crippen molar-refractivity contribution in [3.8, 4) is 0 Å². The number of likely N-dealkylation sites (tertiary alicyclic amines) is 1. The van der Waals surface area contributed by atoms with Crippen molar-refractivity contribution in [2.24, 2.45) is 5.92 Å². The highest BCUT2D eigenvalue weighted by Gasteiger charge is 2.34. The van der Waals surface area contributed by atoms with Gasteiger partial charge in [0.25, 0.3) is 5.91 Å². The first-order valence-corrected chi connectivity index (χ1v) is 8.49. The predicted molar refractivity (Wildman–Crippen MR) is 80.6 cm³/mol. The van der Waals surface area contributed by atoms with Gasteiger partial charge in [0.2, 0.25) is 0 Å². The van der Waals surface area contributed by atoms with Crippen molar-refractivity contribution in [2.45, 2.75) is 25.6 Å². The molecule has 0 radical (unpaired) electrons. The van der Waals surface area contributed by atoms with Crippen LogP contribution in [0, 0.1) is 5.92 Å². The molecule has 0 spiro atoms. The Morgan fingerprint density at radius 3 is 3.04 bits per heavy atom. The fourth-order valence-electron chi connectivity index (χ4n) is 3.06. The van der Waals surface area contributed by atoms with E-state index in [9.17, 15) is 18.0 Å². The van der Waals surface area contributed by atoms with Crippen molar-refractivity contribution in [3.63, 3.8) is 0 Å². The molecule has 1 fully saturated rings. The van der Waals surface area contributed by atoms with Crippen molar-refractivity contribution in [1.29, 1.82) is 0 Å². The van der Waals surface area contributed by atoms with E-state index < -0.39 is 12.7 Å². The number of ether oxygens (including phenoxy) is 1. The summed E-state index contributed by atoms with van der Waals surface area (Å²) >= 11 is 1.48. The molecule has 1 N–H and O–H groups in total. The molecule has 2 aliphatic rings. The number of carbonyl (C=O) groups excluding carboxylic acids is 1. The summed E-state index contributed by atoms with van der Waals surface area (Å²) in [6.45, 7) is 1.61. The first-order chi connectivity index (χ1) is 10.9. The third-order valence-corrected chi connectivity index (χ3v) is 5.41. The van der Waals surface area contributed by atoms with Gasteiger partial charge in [-0.3, -0.25) is 9.69 Å². The monoisotopic (exact) mass is 348 g/mol. The molecule has 1 aromatic rings. The maximum absolute atomic E-state index is 12.4. The lowest BCUT2D eigenvalue weighted by atomic mass is 10.1. The summed E-state index contributed by atoms with van der Waals surface area (Å²) in [6.07, 6.45) is -2.64. The molecule has 1 atom stereocenters. The van der Waals surface area contributed by atoms with Gasteiger partial charge >= 0.3 is 6.18 Å². The highest BCUT2D eigenvalue weighted by Crippen LogP contribution is 2.27. The van der Waals surface area contributed by atoms with E-state index in [1.807, 2.05) is 6.07 Å². The first kappa shape index (κ1) is 16.7. The summed E-state index contributed by atoms with van der Waals surface area (Å²) in [7, 11) is 0. The number of halogens is 3. The predicted octanol–water partition coefficient (Wildman–Crippen LogP) is 2.43. The summed E-state index contributed by atoms with van der Waals surface area (Å²) in [4.78, 5) is 15.4. The number of nitrogens with one attached hydrogen (secondary N) is 1. The van der Waals surface area contributed by atoms with Crippen LogP contribution in [0.25, 0.3) is 0 Å². The van der Waals surface area contributed by atoms with E-state index in [0.717, 1.165) is 12.0 Å². The van der Waals surface area contributed by atoms with E-state index in [0.29, 0.717) is 44.1 Å². The Morgan fingerprint density at radius 1 is 1.48 bits per heavy atom. The van der Waals surface area contributed by atoms with Crippen molar-refractivity contribution in [2.75, 3.05) is 32.8 Å². The molecule has 1 amide bonds. The van der Waals surface area contributed by atoms with Gasteiger partial charge < -0.3 is 10.1 Å². The van der Waals surface area contributed by atoms with E-state index in [1.165, 1.54) is 21.1 Å². The number of hydrogen-bond acceptors (Lipinski definition) is 4. The van der Waals surface area contributed by atoms with E-state index in [4.69, 9.17) is 4.74 Å². The molecule has 1 unspecified atom stereocenters. The van der Waals surface area contributed by atoms with Crippen molar-refractivity contribution < 1.29 is 22.7 Å². The minimum absolute atomic E-state index is 0.0826. The zero-order valence-electron chi connectivity index (χ0n) is 12.6. The highest BCUT2D eigenvalue weighted by atomic mass is 32.1. The highest BCUT2D eigenvalue weighted by molar-refractivity contribution is 7.14. The van der Waals surface area contributed by atoms with Crippen molar-refractivity contribution in [1.82, 2.24) is 10.2 Å². The number of alkyl halides is 3. The zero-order chi connectivity index (χ0) is 16.4. The molecule has 23 heavy (non-hydrogen) atoms. The second-order valence-corrected chi connectivity index (χ2v) is 7.21. The van der Waals surface area contributed by atoms with Crippen LogP contribution in [0.2, 0.25) is 0 Å². The van der Waals surface area contributed by atoms with Gasteiger partial charge in [-0.25, -0.2) is 0 Å². The average Bonchev–Trinajstić information content (AvgIpc) is 3.09. The molecule has 0 aliphatic carbocycles. The SMILES string of the molecule is O=C(NCC1CCN(CC(F)(F)F)C1)c1cc2c(s1)CCOC2. The molecule has 8 heteroatoms. The molecule has 3 rings (SSSR count). The molecule has 0 aromatic carbocycles. The molecule has 1 aromatic heterocycles. The number of hydrogen-bond donors (Lipinski definition) is 1. The number of fused-ring (bicyclic) bond motifs is 1. The molecule has 4 nitrogen and oxygen atoms in total. The second-order valence-electron chi connectivity index (χ2n) is 6.08. The zero-order valence-corrected chi connectivity index (χ0v) is 13.4. The Kier molecular flexibility index (Phi) is 4.93. The van der Waals surface area contributed by atoms with Crippen LogP contribution in [-0.4, -0.2) is 49.8 Å². The summed E-state index contributed by atoms with van der Waals surface area (Å²) < 4.78 is 42.4. The lowest BCUT2D eigenvalue weighted by Gasteiger charge is -2.17. The number of carbonyl (C=O) groups is 1. The lowest BCUT2D eigenvalue weighted by Crippen LogP contribution is -2.34. The second kappa shape index (κ2) is 6.78. The van der Waals surface area contributed by atoms with Gasteiger partial charge in [0.15, 0.2) is 0 Å². The number of thiophene rings is 1. The fraction of sp³-hybridized carbons (Fsp3) is 0.667. The Hall–Kier alpha value is -1.12. The number of nitrogens with zero attached hydrogens (tertiary/aromatic N) is 1. The van der Waals surface area contributed by atoms with Gasteiger partial charge in [0.1, 0.15) is 0 Å². The largest absolute Gasteiger partial charge is 0.401 e. The molecular weight excluding hydrogens is 329 g/mol. The van der Waals surface area contributed by atoms with Gasteiger partial charge in [-0.05, 0) is 30.5 Å². The van der Waals surface area contributed by atoms with Gasteiger partial charge in [-0.1, -0.05) is 0 Å². The molecular formula is C15H19F3N2O2S. The summed E-state index contributed by atoms with van der Waals surface area (Å²) in [5.74, 6) is -0.0575. The first-order valence-electron chi connectivity index (χ1n) is 7.67. The van der Waals surface area contributed by atoms with Crippen LogP contribution < -0.4 is 5.32 Å². The van der Waals surface area contributed by atoms with Crippen LogP contribution in [0.3, 0.4) is 0 Å². The van der Waals surface area contributed by atoms with Gasteiger partial charge in [-0.15, -0.1) is 11.3 Å². The standard InChI is InChI=1S/C15H19F3N2O2S/c16-15(17,18)9-20-3-1-10(7-20)6-19-14(21)13-5-11-8-22-4-2-12(11)23-13/h5,10H,1-4,6-9H2,(H,19,21). The van der Waals surface area contributed by atoms with E-state index in [1.54, 1.807) is 0 Å². The molecule has 2 aliphatic heterocycles. The molecule has 128 valence electrons. The van der Waals surface area contributed by atoms with E-state index in [-0.39, 0.29) is 11.8 Å². The molecule has 1 saturated heterocycles. The van der Waals surface area contributed by atoms with Crippen LogP contribution in [0.5, 0.6) is 0 Å². The molecule has 3 heterocycles. The third kappa shape index (κ3) is 4.45.